The molecule has 0 fully saturated rings. The second kappa shape index (κ2) is 4.71. The molecule has 4 nitrogen and oxygen atoms in total. The smallest absolute Gasteiger partial charge is 0.275 e. The Labute approximate surface area is 99.6 Å². The molecule has 0 bridgehead atoms. The number of carbonyl (C=O) groups excluding carboxylic acids is 1. The van der Waals surface area contributed by atoms with Crippen LogP contribution < -0.4 is 0 Å². The van der Waals surface area contributed by atoms with Gasteiger partial charge in [-0.2, -0.15) is 5.10 Å². The van der Waals surface area contributed by atoms with Crippen LogP contribution in [0.15, 0.2) is 24.3 Å². The molecule has 2 rings (SSSR count). The van der Waals surface area contributed by atoms with E-state index in [1.54, 1.807) is 4.90 Å². The van der Waals surface area contributed by atoms with E-state index in [9.17, 15) is 4.79 Å². The Kier molecular flexibility index (Phi) is 3.10. The van der Waals surface area contributed by atoms with Crippen LogP contribution in [0.25, 0.3) is 10.9 Å². The minimum absolute atomic E-state index is 0.136. The fourth-order valence-electron chi connectivity index (χ4n) is 1.71. The summed E-state index contributed by atoms with van der Waals surface area (Å²) < 4.78 is 0. The molecule has 1 N–H and O–H groups in total. The monoisotopic (exact) mass is 227 g/mol. The number of H-pyrrole nitrogens is 1. The van der Waals surface area contributed by atoms with Gasteiger partial charge in [-0.1, -0.05) is 24.1 Å². The number of carbonyl (C=O) groups is 1. The van der Waals surface area contributed by atoms with Crippen LogP contribution >= 0.6 is 0 Å². The van der Waals surface area contributed by atoms with Gasteiger partial charge >= 0.3 is 0 Å². The van der Waals surface area contributed by atoms with Gasteiger partial charge in [-0.3, -0.25) is 9.89 Å². The van der Waals surface area contributed by atoms with Gasteiger partial charge in [0.2, 0.25) is 0 Å². The topological polar surface area (TPSA) is 49.0 Å². The van der Waals surface area contributed by atoms with Gasteiger partial charge in [0.25, 0.3) is 5.91 Å². The van der Waals surface area contributed by atoms with Gasteiger partial charge in [0, 0.05) is 11.9 Å². The first-order valence-corrected chi connectivity index (χ1v) is 5.43. The predicted octanol–water partition coefficient (Wildman–Crippen LogP) is 1.66. The zero-order valence-corrected chi connectivity index (χ0v) is 9.60. The molecule has 17 heavy (non-hydrogen) atoms. The highest BCUT2D eigenvalue weighted by molar-refractivity contribution is 6.04. The van der Waals surface area contributed by atoms with E-state index in [1.165, 1.54) is 0 Å². The number of terminal acetylenes is 1. The van der Waals surface area contributed by atoms with Crippen LogP contribution in [0.2, 0.25) is 0 Å². The standard InChI is InChI=1S/C13H13N3O/c1-3-9-16(4-2)13(17)12-10-7-5-6-8-11(10)14-15-12/h1,5-8H,4,9H2,2H3,(H,14,15). The summed E-state index contributed by atoms with van der Waals surface area (Å²) in [6, 6.07) is 7.53. The van der Waals surface area contributed by atoms with Crippen molar-refractivity contribution in [1.82, 2.24) is 15.1 Å². The quantitative estimate of drug-likeness (QED) is 0.811. The molecule has 1 aromatic heterocycles. The Hall–Kier alpha value is -2.28. The maximum Gasteiger partial charge on any atom is 0.275 e. The first-order valence-electron chi connectivity index (χ1n) is 5.43. The maximum absolute atomic E-state index is 12.2. The molecule has 0 aliphatic rings. The molecule has 0 spiro atoms. The Balaban J connectivity index is 2.40. The van der Waals surface area contributed by atoms with Crippen LogP contribution in [0, 0.1) is 12.3 Å². The predicted molar refractivity (Wildman–Crippen MR) is 66.5 cm³/mol. The second-order valence-corrected chi connectivity index (χ2v) is 3.64. The van der Waals surface area contributed by atoms with Crippen LogP contribution in [0.3, 0.4) is 0 Å². The van der Waals surface area contributed by atoms with Crippen LogP contribution in [0.5, 0.6) is 0 Å². The Morgan fingerprint density at radius 1 is 1.53 bits per heavy atom. The number of fused-ring (bicyclic) bond motifs is 1. The van der Waals surface area contributed by atoms with Gasteiger partial charge in [-0.05, 0) is 13.0 Å². The largest absolute Gasteiger partial charge is 0.326 e. The number of hydrogen-bond donors (Lipinski definition) is 1. The van der Waals surface area contributed by atoms with Crippen LogP contribution in [0.1, 0.15) is 17.4 Å². The summed E-state index contributed by atoms with van der Waals surface area (Å²) in [5, 5.41) is 7.73. The lowest BCUT2D eigenvalue weighted by atomic mass is 10.2. The molecule has 0 atom stereocenters. The van der Waals surface area contributed by atoms with Crippen molar-refractivity contribution in [3.63, 3.8) is 0 Å². The number of hydrogen-bond acceptors (Lipinski definition) is 2. The third-order valence-electron chi connectivity index (χ3n) is 2.62. The molecule has 0 saturated heterocycles. The van der Waals surface area contributed by atoms with E-state index >= 15 is 0 Å². The minimum atomic E-state index is -0.136. The van der Waals surface area contributed by atoms with Gasteiger partial charge in [0.05, 0.1) is 12.1 Å². The van der Waals surface area contributed by atoms with Gasteiger partial charge in [-0.15, -0.1) is 6.42 Å². The Morgan fingerprint density at radius 3 is 3.00 bits per heavy atom. The van der Waals surface area contributed by atoms with Crippen molar-refractivity contribution < 1.29 is 4.79 Å². The fraction of sp³-hybridized carbons (Fsp3) is 0.231. The average Bonchev–Trinajstić information content (AvgIpc) is 2.79. The van der Waals surface area contributed by atoms with Crippen LogP contribution in [-0.2, 0) is 0 Å². The molecule has 1 aromatic carbocycles. The van der Waals surface area contributed by atoms with E-state index in [-0.39, 0.29) is 5.91 Å². The summed E-state index contributed by atoms with van der Waals surface area (Å²) in [6.45, 7) is 2.77. The van der Waals surface area contributed by atoms with Gasteiger partial charge in [0.1, 0.15) is 0 Å². The molecule has 4 heteroatoms. The lowest BCUT2D eigenvalue weighted by molar-refractivity contribution is 0.0781. The fourth-order valence-corrected chi connectivity index (χ4v) is 1.71. The third kappa shape index (κ3) is 2.00. The number of aromatic nitrogens is 2. The molecule has 2 aromatic rings. The van der Waals surface area contributed by atoms with Gasteiger partial charge in [-0.25, -0.2) is 0 Å². The highest BCUT2D eigenvalue weighted by atomic mass is 16.2. The summed E-state index contributed by atoms with van der Waals surface area (Å²) in [5.41, 5.74) is 1.28. The van der Waals surface area contributed by atoms with Crippen molar-refractivity contribution >= 4 is 16.8 Å². The van der Waals surface area contributed by atoms with Crippen molar-refractivity contribution in [2.45, 2.75) is 6.92 Å². The van der Waals surface area contributed by atoms with Crippen LogP contribution in [0.4, 0.5) is 0 Å². The van der Waals surface area contributed by atoms with E-state index in [2.05, 4.69) is 16.1 Å². The van der Waals surface area contributed by atoms with Gasteiger partial charge < -0.3 is 4.90 Å². The van der Waals surface area contributed by atoms with E-state index in [0.29, 0.717) is 18.8 Å². The summed E-state index contributed by atoms with van der Waals surface area (Å²) >= 11 is 0. The molecule has 0 unspecified atom stereocenters. The first kappa shape index (κ1) is 11.2. The summed E-state index contributed by atoms with van der Waals surface area (Å²) in [7, 11) is 0. The van der Waals surface area contributed by atoms with E-state index in [0.717, 1.165) is 10.9 Å². The molecule has 1 amide bonds. The number of nitrogens with zero attached hydrogens (tertiary/aromatic N) is 2. The van der Waals surface area contributed by atoms with Crippen molar-refractivity contribution in [3.8, 4) is 12.3 Å². The number of rotatable bonds is 3. The molecule has 0 aliphatic carbocycles. The third-order valence-corrected chi connectivity index (χ3v) is 2.62. The second-order valence-electron chi connectivity index (χ2n) is 3.64. The SMILES string of the molecule is C#CCN(CC)C(=O)c1n[nH]c2ccccc12. The van der Waals surface area contributed by atoms with Gasteiger partial charge in [0.15, 0.2) is 5.69 Å². The van der Waals surface area contributed by atoms with Crippen molar-refractivity contribution in [3.05, 3.63) is 30.0 Å². The number of amides is 1. The van der Waals surface area contributed by atoms with Crippen molar-refractivity contribution in [1.29, 1.82) is 0 Å². The number of para-hydroxylation sites is 1. The number of nitrogens with one attached hydrogen (secondary N) is 1. The molecule has 1 heterocycles. The maximum atomic E-state index is 12.2. The normalized spacial score (nSPS) is 10.1. The summed E-state index contributed by atoms with van der Waals surface area (Å²) in [5.74, 6) is 2.34. The number of benzene rings is 1. The molecule has 0 radical (unpaired) electrons. The highest BCUT2D eigenvalue weighted by Gasteiger charge is 2.18. The van der Waals surface area contributed by atoms with Crippen molar-refractivity contribution in [2.24, 2.45) is 0 Å². The van der Waals surface area contributed by atoms with Crippen molar-refractivity contribution in [2.75, 3.05) is 13.1 Å². The molecule has 86 valence electrons. The lowest BCUT2D eigenvalue weighted by Gasteiger charge is -2.16. The van der Waals surface area contributed by atoms with Crippen LogP contribution in [-0.4, -0.2) is 34.1 Å². The first-order chi connectivity index (χ1) is 8.27. The summed E-state index contributed by atoms with van der Waals surface area (Å²) in [6.07, 6.45) is 5.24. The van der Waals surface area contributed by atoms with E-state index in [1.807, 2.05) is 31.2 Å². The van der Waals surface area contributed by atoms with E-state index < -0.39 is 0 Å². The highest BCUT2D eigenvalue weighted by Crippen LogP contribution is 2.16. The zero-order valence-electron chi connectivity index (χ0n) is 9.60. The lowest BCUT2D eigenvalue weighted by Crippen LogP contribution is -2.31. The Bertz CT molecular complexity index is 580. The Morgan fingerprint density at radius 2 is 2.29 bits per heavy atom. The van der Waals surface area contributed by atoms with E-state index in [4.69, 9.17) is 6.42 Å². The summed E-state index contributed by atoms with van der Waals surface area (Å²) in [4.78, 5) is 13.8. The average molecular weight is 227 g/mol. The molecular weight excluding hydrogens is 214 g/mol. The molecular formula is C13H13N3O. The molecule has 0 saturated carbocycles. The molecule has 0 aliphatic heterocycles. The minimum Gasteiger partial charge on any atom is -0.326 e. The zero-order chi connectivity index (χ0) is 12.3. The number of aromatic amines is 1.